The van der Waals surface area contributed by atoms with Gasteiger partial charge in [-0.3, -0.25) is 14.4 Å². The Bertz CT molecular complexity index is 758. The Morgan fingerprint density at radius 1 is 1.00 bits per heavy atom. The summed E-state index contributed by atoms with van der Waals surface area (Å²) in [5.74, 6) is -2.30. The molecule has 1 aromatic carbocycles. The molecule has 3 atom stereocenters. The molecule has 172 valence electrons. The summed E-state index contributed by atoms with van der Waals surface area (Å²) in [6.07, 6.45) is 0.0911. The Morgan fingerprint density at radius 3 is 2.10 bits per heavy atom. The monoisotopic (exact) mass is 435 g/mol. The van der Waals surface area contributed by atoms with Crippen molar-refractivity contribution in [3.05, 3.63) is 35.9 Å². The number of carbonyl (C=O) groups is 4. The topological polar surface area (TPSA) is 137 Å². The fraction of sp³-hybridized carbons (Fsp3) is 0.545. The van der Waals surface area contributed by atoms with E-state index in [1.54, 1.807) is 20.8 Å². The van der Waals surface area contributed by atoms with E-state index >= 15 is 0 Å². The average molecular weight is 436 g/mol. The second kappa shape index (κ2) is 12.0. The van der Waals surface area contributed by atoms with Crippen molar-refractivity contribution in [1.82, 2.24) is 10.6 Å². The molecule has 0 spiro atoms. The minimum absolute atomic E-state index is 0.0154. The van der Waals surface area contributed by atoms with Crippen LogP contribution in [-0.4, -0.2) is 54.6 Å². The molecule has 1 rings (SSSR count). The summed E-state index contributed by atoms with van der Waals surface area (Å²) in [7, 11) is 1.23. The van der Waals surface area contributed by atoms with E-state index in [1.165, 1.54) is 14.0 Å². The van der Waals surface area contributed by atoms with Crippen molar-refractivity contribution in [2.45, 2.75) is 70.7 Å². The summed E-state index contributed by atoms with van der Waals surface area (Å²) in [6.45, 7) is 6.68. The molecular weight excluding hydrogens is 402 g/mol. The second-order valence-corrected chi connectivity index (χ2v) is 8.25. The van der Waals surface area contributed by atoms with E-state index in [-0.39, 0.29) is 19.3 Å². The van der Waals surface area contributed by atoms with Crippen LogP contribution in [0.3, 0.4) is 0 Å². The number of methoxy groups -OCH3 is 1. The number of nitrogens with two attached hydrogens (primary N) is 1. The van der Waals surface area contributed by atoms with Crippen LogP contribution >= 0.6 is 0 Å². The molecule has 0 saturated heterocycles. The maximum atomic E-state index is 12.9. The van der Waals surface area contributed by atoms with Crippen LogP contribution in [0, 0.1) is 0 Å². The molecule has 0 saturated carbocycles. The van der Waals surface area contributed by atoms with Gasteiger partial charge in [0, 0.05) is 12.8 Å². The lowest BCUT2D eigenvalue weighted by molar-refractivity contribution is -0.155. The van der Waals surface area contributed by atoms with Gasteiger partial charge in [-0.2, -0.15) is 0 Å². The van der Waals surface area contributed by atoms with Gasteiger partial charge in [-0.1, -0.05) is 30.3 Å². The maximum Gasteiger partial charge on any atom is 0.328 e. The first kappa shape index (κ1) is 26.1. The van der Waals surface area contributed by atoms with Gasteiger partial charge in [-0.25, -0.2) is 4.79 Å². The molecule has 0 aliphatic carbocycles. The van der Waals surface area contributed by atoms with Crippen LogP contribution in [0.15, 0.2) is 30.3 Å². The van der Waals surface area contributed by atoms with E-state index in [1.807, 2.05) is 30.3 Å². The smallest absolute Gasteiger partial charge is 0.328 e. The molecule has 31 heavy (non-hydrogen) atoms. The molecule has 1 aromatic rings. The first-order chi connectivity index (χ1) is 14.4. The SMILES string of the molecule is COC(=O)C(Cc1ccccc1)NC(=O)[C@@H](CCC(=O)OC(C)(C)C)NC(=O)[C@@H](C)N. The molecule has 0 aliphatic rings. The molecule has 9 nitrogen and oxygen atoms in total. The van der Waals surface area contributed by atoms with Crippen molar-refractivity contribution in [2.75, 3.05) is 7.11 Å². The van der Waals surface area contributed by atoms with Crippen LogP contribution < -0.4 is 16.4 Å². The quantitative estimate of drug-likeness (QED) is 0.463. The predicted octanol–water partition coefficient (Wildman–Crippen LogP) is 0.841. The highest BCUT2D eigenvalue weighted by atomic mass is 16.6. The summed E-state index contributed by atoms with van der Waals surface area (Å²) >= 11 is 0. The zero-order valence-electron chi connectivity index (χ0n) is 18.8. The van der Waals surface area contributed by atoms with Gasteiger partial charge < -0.3 is 25.8 Å². The molecule has 1 unspecified atom stereocenters. The van der Waals surface area contributed by atoms with Crippen LogP contribution in [-0.2, 0) is 35.1 Å². The number of esters is 2. The molecule has 9 heteroatoms. The van der Waals surface area contributed by atoms with Crippen LogP contribution in [0.4, 0.5) is 0 Å². The normalized spacial score (nSPS) is 14.0. The lowest BCUT2D eigenvalue weighted by Crippen LogP contribution is -2.54. The highest BCUT2D eigenvalue weighted by Crippen LogP contribution is 2.11. The van der Waals surface area contributed by atoms with Crippen molar-refractivity contribution < 1.29 is 28.7 Å². The number of nitrogens with one attached hydrogen (secondary N) is 2. The maximum absolute atomic E-state index is 12.9. The van der Waals surface area contributed by atoms with Crippen molar-refractivity contribution >= 4 is 23.8 Å². The van der Waals surface area contributed by atoms with E-state index in [0.717, 1.165) is 5.56 Å². The molecule has 0 radical (unpaired) electrons. The fourth-order valence-electron chi connectivity index (χ4n) is 2.68. The van der Waals surface area contributed by atoms with Crippen molar-refractivity contribution in [2.24, 2.45) is 5.73 Å². The summed E-state index contributed by atoms with van der Waals surface area (Å²) in [4.78, 5) is 49.2. The highest BCUT2D eigenvalue weighted by molar-refractivity contribution is 5.92. The molecule has 4 N–H and O–H groups in total. The van der Waals surface area contributed by atoms with Crippen LogP contribution in [0.2, 0.25) is 0 Å². The third-order valence-electron chi connectivity index (χ3n) is 4.19. The molecular formula is C22H33N3O6. The van der Waals surface area contributed by atoms with E-state index in [9.17, 15) is 19.2 Å². The molecule has 0 bridgehead atoms. The molecule has 2 amide bonds. The molecule has 0 aromatic heterocycles. The van der Waals surface area contributed by atoms with Gasteiger partial charge in [-0.15, -0.1) is 0 Å². The Kier molecular flexibility index (Phi) is 10.1. The van der Waals surface area contributed by atoms with Gasteiger partial charge in [0.1, 0.15) is 17.7 Å². The van der Waals surface area contributed by atoms with Crippen molar-refractivity contribution in [3.63, 3.8) is 0 Å². The van der Waals surface area contributed by atoms with Crippen LogP contribution in [0.25, 0.3) is 0 Å². The second-order valence-electron chi connectivity index (χ2n) is 8.25. The third-order valence-corrected chi connectivity index (χ3v) is 4.19. The standard InChI is InChI=1S/C22H33N3O6/c1-14(23)19(27)24-16(11-12-18(26)31-22(2,3)4)20(28)25-17(21(29)30-5)13-15-9-7-6-8-10-15/h6-10,14,16-17H,11-13,23H2,1-5H3,(H,24,27)(H,25,28)/t14-,16-,17?/m1/s1. The zero-order valence-corrected chi connectivity index (χ0v) is 18.8. The number of hydrogen-bond acceptors (Lipinski definition) is 7. The van der Waals surface area contributed by atoms with E-state index in [4.69, 9.17) is 15.2 Å². The minimum Gasteiger partial charge on any atom is -0.467 e. The minimum atomic E-state index is -1.08. The Labute approximate surface area is 183 Å². The largest absolute Gasteiger partial charge is 0.467 e. The first-order valence-corrected chi connectivity index (χ1v) is 10.1. The zero-order chi connectivity index (χ0) is 23.6. The van der Waals surface area contributed by atoms with E-state index < -0.39 is 47.5 Å². The number of ether oxygens (including phenoxy) is 2. The number of amides is 2. The number of hydrogen-bond donors (Lipinski definition) is 3. The van der Waals surface area contributed by atoms with Crippen molar-refractivity contribution in [3.8, 4) is 0 Å². The molecule has 0 heterocycles. The fourth-order valence-corrected chi connectivity index (χ4v) is 2.68. The van der Waals surface area contributed by atoms with Gasteiger partial charge in [0.25, 0.3) is 0 Å². The average Bonchev–Trinajstić information content (AvgIpc) is 2.68. The predicted molar refractivity (Wildman–Crippen MR) is 115 cm³/mol. The summed E-state index contributed by atoms with van der Waals surface area (Å²) in [6, 6.07) is 6.23. The summed E-state index contributed by atoms with van der Waals surface area (Å²) in [5.41, 5.74) is 5.74. The van der Waals surface area contributed by atoms with E-state index in [2.05, 4.69) is 10.6 Å². The van der Waals surface area contributed by atoms with Gasteiger partial charge in [0.15, 0.2) is 0 Å². The summed E-state index contributed by atoms with van der Waals surface area (Å²) < 4.78 is 10.1. The number of carbonyl (C=O) groups excluding carboxylic acids is 4. The number of rotatable bonds is 10. The lowest BCUT2D eigenvalue weighted by Gasteiger charge is -2.24. The van der Waals surface area contributed by atoms with Gasteiger partial charge in [-0.05, 0) is 39.7 Å². The van der Waals surface area contributed by atoms with Gasteiger partial charge >= 0.3 is 11.9 Å². The van der Waals surface area contributed by atoms with Crippen molar-refractivity contribution in [1.29, 1.82) is 0 Å². The molecule has 0 fully saturated rings. The Morgan fingerprint density at radius 2 is 1.58 bits per heavy atom. The van der Waals surface area contributed by atoms with Crippen LogP contribution in [0.1, 0.15) is 46.1 Å². The first-order valence-electron chi connectivity index (χ1n) is 10.1. The van der Waals surface area contributed by atoms with Gasteiger partial charge in [0.2, 0.25) is 11.8 Å². The van der Waals surface area contributed by atoms with E-state index in [0.29, 0.717) is 0 Å². The van der Waals surface area contributed by atoms with Crippen LogP contribution in [0.5, 0.6) is 0 Å². The van der Waals surface area contributed by atoms with Gasteiger partial charge in [0.05, 0.1) is 13.2 Å². The Hall–Kier alpha value is -2.94. The highest BCUT2D eigenvalue weighted by Gasteiger charge is 2.29. The summed E-state index contributed by atoms with van der Waals surface area (Å²) in [5, 5.41) is 5.14. The molecule has 0 aliphatic heterocycles. The Balaban J connectivity index is 2.92. The third kappa shape index (κ3) is 10.1. The lowest BCUT2D eigenvalue weighted by atomic mass is 10.0. The number of benzene rings is 1.